The number of alkyl halides is 1. The molecule has 4 rings (SSSR count). The summed E-state index contributed by atoms with van der Waals surface area (Å²) in [6, 6.07) is 5.00. The predicted molar refractivity (Wildman–Crippen MR) is 98.6 cm³/mol. The van der Waals surface area contributed by atoms with Gasteiger partial charge in [-0.3, -0.25) is 19.7 Å². The highest BCUT2D eigenvalue weighted by atomic mass is 19.1. The lowest BCUT2D eigenvalue weighted by atomic mass is 9.77. The summed E-state index contributed by atoms with van der Waals surface area (Å²) >= 11 is 0. The summed E-state index contributed by atoms with van der Waals surface area (Å²) in [6.45, 7) is 0.477. The Bertz CT molecular complexity index is 883. The normalized spacial score (nSPS) is 28.8. The Morgan fingerprint density at radius 3 is 2.66 bits per heavy atom. The average molecular weight is 404 g/mol. The van der Waals surface area contributed by atoms with E-state index >= 15 is 0 Å². The van der Waals surface area contributed by atoms with E-state index < -0.39 is 35.1 Å². The number of halogens is 1. The van der Waals surface area contributed by atoms with Gasteiger partial charge in [0.2, 0.25) is 0 Å². The van der Waals surface area contributed by atoms with Crippen LogP contribution in [0, 0.1) is 16.0 Å². The molecule has 1 aromatic rings. The molecule has 3 aliphatic rings. The number of nitrogens with zero attached hydrogens (tertiary/aromatic N) is 2. The summed E-state index contributed by atoms with van der Waals surface area (Å²) in [5.74, 6) is -1.27. The zero-order valence-corrected chi connectivity index (χ0v) is 15.9. The Morgan fingerprint density at radius 1 is 1.28 bits per heavy atom. The fourth-order valence-corrected chi connectivity index (χ4v) is 4.41. The van der Waals surface area contributed by atoms with E-state index in [1.165, 1.54) is 36.3 Å². The molecule has 29 heavy (non-hydrogen) atoms. The van der Waals surface area contributed by atoms with Crippen LogP contribution in [0.3, 0.4) is 0 Å². The molecule has 8 nitrogen and oxygen atoms in total. The van der Waals surface area contributed by atoms with Crippen molar-refractivity contribution in [2.24, 2.45) is 5.92 Å². The number of Topliss-reactive ketones (excluding diaryl/α,β-unsaturated/α-hetero) is 1. The van der Waals surface area contributed by atoms with Crippen molar-refractivity contribution in [1.29, 1.82) is 0 Å². The van der Waals surface area contributed by atoms with Crippen molar-refractivity contribution in [3.63, 3.8) is 0 Å². The zero-order chi connectivity index (χ0) is 20.7. The Balaban J connectivity index is 1.75. The number of carbonyl (C=O) groups is 2. The Kier molecular flexibility index (Phi) is 5.08. The number of ketones is 1. The first-order valence-electron chi connectivity index (χ1n) is 9.55. The lowest BCUT2D eigenvalue weighted by molar-refractivity contribution is -0.384. The Morgan fingerprint density at radius 2 is 2.00 bits per heavy atom. The maximum absolute atomic E-state index is 14.0. The SMILES string of the molecule is COCCN1C(=O)C2=C(C(=O)C3CC(F)CCC3O2)C1c1ccc([N+](=O)[O-])cc1. The lowest BCUT2D eigenvalue weighted by Crippen LogP contribution is -2.42. The zero-order valence-electron chi connectivity index (χ0n) is 15.9. The van der Waals surface area contributed by atoms with Crippen LogP contribution >= 0.6 is 0 Å². The summed E-state index contributed by atoms with van der Waals surface area (Å²) in [7, 11) is 1.51. The molecule has 1 aliphatic carbocycles. The van der Waals surface area contributed by atoms with Gasteiger partial charge in [-0.25, -0.2) is 4.39 Å². The molecule has 4 unspecified atom stereocenters. The van der Waals surface area contributed by atoms with Crippen LogP contribution in [0.5, 0.6) is 0 Å². The topological polar surface area (TPSA) is 99.0 Å². The van der Waals surface area contributed by atoms with Crippen molar-refractivity contribution >= 4 is 17.4 Å². The summed E-state index contributed by atoms with van der Waals surface area (Å²) in [4.78, 5) is 38.3. The Hall–Kier alpha value is -2.81. The van der Waals surface area contributed by atoms with Crippen LogP contribution in [0.1, 0.15) is 30.9 Å². The number of nitro benzene ring substituents is 1. The molecule has 154 valence electrons. The van der Waals surface area contributed by atoms with Gasteiger partial charge in [0.05, 0.1) is 29.1 Å². The van der Waals surface area contributed by atoms with E-state index in [4.69, 9.17) is 9.47 Å². The van der Waals surface area contributed by atoms with Gasteiger partial charge in [-0.2, -0.15) is 0 Å². The summed E-state index contributed by atoms with van der Waals surface area (Å²) in [5, 5.41) is 11.0. The third-order valence-electron chi connectivity index (χ3n) is 5.84. The number of ether oxygens (including phenoxy) is 2. The number of hydrogen-bond donors (Lipinski definition) is 0. The number of rotatable bonds is 5. The molecule has 2 heterocycles. The molecule has 1 fully saturated rings. The largest absolute Gasteiger partial charge is 0.483 e. The highest BCUT2D eigenvalue weighted by Crippen LogP contribution is 2.47. The van der Waals surface area contributed by atoms with Crippen LogP contribution < -0.4 is 0 Å². The summed E-state index contributed by atoms with van der Waals surface area (Å²) in [5.41, 5.74) is 0.693. The van der Waals surface area contributed by atoms with Gasteiger partial charge in [0.25, 0.3) is 11.6 Å². The fraction of sp³-hybridized carbons (Fsp3) is 0.500. The van der Waals surface area contributed by atoms with E-state index in [0.717, 1.165) is 0 Å². The molecule has 1 aromatic carbocycles. The third-order valence-corrected chi connectivity index (χ3v) is 5.84. The van der Waals surface area contributed by atoms with Crippen molar-refractivity contribution in [3.05, 3.63) is 51.3 Å². The minimum atomic E-state index is -1.06. The van der Waals surface area contributed by atoms with Gasteiger partial charge in [-0.1, -0.05) is 0 Å². The second-order valence-corrected chi connectivity index (χ2v) is 7.52. The molecule has 0 spiro atoms. The lowest BCUT2D eigenvalue weighted by Gasteiger charge is -2.36. The van der Waals surface area contributed by atoms with Crippen LogP contribution in [-0.4, -0.2) is 54.1 Å². The van der Waals surface area contributed by atoms with Gasteiger partial charge in [-0.05, 0) is 37.0 Å². The number of non-ortho nitro benzene ring substituents is 1. The minimum absolute atomic E-state index is 0.0213. The molecule has 0 N–H and O–H groups in total. The number of amides is 1. The van der Waals surface area contributed by atoms with Crippen LogP contribution in [-0.2, 0) is 19.1 Å². The first-order chi connectivity index (χ1) is 13.9. The van der Waals surface area contributed by atoms with Gasteiger partial charge < -0.3 is 14.4 Å². The molecule has 2 aliphatic heterocycles. The molecule has 4 atom stereocenters. The average Bonchev–Trinajstić information content (AvgIpc) is 2.99. The van der Waals surface area contributed by atoms with Gasteiger partial charge in [0.1, 0.15) is 12.3 Å². The number of carbonyl (C=O) groups excluding carboxylic acids is 2. The van der Waals surface area contributed by atoms with E-state index in [1.54, 1.807) is 0 Å². The minimum Gasteiger partial charge on any atom is -0.483 e. The van der Waals surface area contributed by atoms with Gasteiger partial charge in [0.15, 0.2) is 11.5 Å². The van der Waals surface area contributed by atoms with Gasteiger partial charge in [0, 0.05) is 25.8 Å². The van der Waals surface area contributed by atoms with Crippen molar-refractivity contribution in [1.82, 2.24) is 4.90 Å². The van der Waals surface area contributed by atoms with E-state index in [2.05, 4.69) is 0 Å². The molecule has 1 saturated carbocycles. The van der Waals surface area contributed by atoms with Crippen molar-refractivity contribution in [2.75, 3.05) is 20.3 Å². The highest BCUT2D eigenvalue weighted by molar-refractivity contribution is 6.11. The highest BCUT2D eigenvalue weighted by Gasteiger charge is 2.52. The van der Waals surface area contributed by atoms with Crippen molar-refractivity contribution in [3.8, 4) is 0 Å². The first kappa shape index (κ1) is 19.5. The third kappa shape index (κ3) is 3.29. The van der Waals surface area contributed by atoms with Crippen LogP contribution in [0.15, 0.2) is 35.6 Å². The molecule has 0 saturated heterocycles. The van der Waals surface area contributed by atoms with Crippen LogP contribution in [0.2, 0.25) is 0 Å². The first-order valence-corrected chi connectivity index (χ1v) is 9.55. The van der Waals surface area contributed by atoms with Gasteiger partial charge in [-0.15, -0.1) is 0 Å². The van der Waals surface area contributed by atoms with Crippen molar-refractivity contribution < 1.29 is 28.4 Å². The number of fused-ring (bicyclic) bond motifs is 1. The molecule has 0 aromatic heterocycles. The maximum atomic E-state index is 14.0. The standard InChI is InChI=1S/C20H21FN2O6/c1-28-9-8-22-17(11-2-5-13(6-3-11)23(26)27)16-18(24)14-10-12(21)4-7-15(14)29-19(16)20(22)25/h2-3,5-6,12,14-15,17H,4,7-10H2,1H3. The molecule has 0 radical (unpaired) electrons. The van der Waals surface area contributed by atoms with Gasteiger partial charge >= 0.3 is 0 Å². The number of nitro groups is 1. The second kappa shape index (κ2) is 7.55. The predicted octanol–water partition coefficient (Wildman–Crippen LogP) is 2.48. The molecular formula is C20H21FN2O6. The van der Waals surface area contributed by atoms with E-state index in [0.29, 0.717) is 18.4 Å². The second-order valence-electron chi connectivity index (χ2n) is 7.52. The summed E-state index contributed by atoms with van der Waals surface area (Å²) < 4.78 is 25.0. The van der Waals surface area contributed by atoms with E-state index in [-0.39, 0.29) is 42.4 Å². The van der Waals surface area contributed by atoms with E-state index in [1.807, 2.05) is 0 Å². The molecule has 9 heteroatoms. The van der Waals surface area contributed by atoms with Crippen LogP contribution in [0.4, 0.5) is 10.1 Å². The number of hydrogen-bond acceptors (Lipinski definition) is 6. The van der Waals surface area contributed by atoms with Crippen molar-refractivity contribution in [2.45, 2.75) is 37.6 Å². The quantitative estimate of drug-likeness (QED) is 0.552. The molecule has 1 amide bonds. The summed E-state index contributed by atoms with van der Waals surface area (Å²) in [6.07, 6.45) is -0.770. The number of methoxy groups -OCH3 is 1. The van der Waals surface area contributed by atoms with E-state index in [9.17, 15) is 24.1 Å². The van der Waals surface area contributed by atoms with Crippen LogP contribution in [0.25, 0.3) is 0 Å². The molecular weight excluding hydrogens is 383 g/mol. The Labute approximate surface area is 166 Å². The monoisotopic (exact) mass is 404 g/mol. The number of benzene rings is 1. The maximum Gasteiger partial charge on any atom is 0.290 e. The molecule has 0 bridgehead atoms. The smallest absolute Gasteiger partial charge is 0.290 e. The fourth-order valence-electron chi connectivity index (χ4n) is 4.41.